The molecule has 0 N–H and O–H groups in total. The van der Waals surface area contributed by atoms with E-state index in [1.165, 1.54) is 0 Å². The van der Waals surface area contributed by atoms with Crippen molar-refractivity contribution in [2.24, 2.45) is 0 Å². The summed E-state index contributed by atoms with van der Waals surface area (Å²) in [6.07, 6.45) is 0. The predicted octanol–water partition coefficient (Wildman–Crippen LogP) is -21.7. The minimum atomic E-state index is -6.25. The van der Waals surface area contributed by atoms with Gasteiger partial charge in [-0.05, 0) is 29.0 Å². The van der Waals surface area contributed by atoms with Crippen molar-refractivity contribution in [1.29, 1.82) is 0 Å². The van der Waals surface area contributed by atoms with E-state index in [0.29, 0.717) is 0 Å². The SMILES string of the molecule is CC1(P(=O)([O-])[O-])OP(=O)([O-])C(C)(P(=O)([O-])[O-])OP1(=O)[O-].[K+].[K+].[K+].[K+].[K+].[K+]. The second-order valence-electron chi connectivity index (χ2n) is 4.04. The molecule has 4 unspecified atom stereocenters. The molecule has 0 aromatic carbocycles. The third-order valence-electron chi connectivity index (χ3n) is 2.62. The maximum atomic E-state index is 11.5. The Hall–Kier alpha value is 10.4. The molecule has 0 aliphatic carbocycles. The molecule has 120 valence electrons. The quantitative estimate of drug-likeness (QED) is 0.212. The smallest absolute Gasteiger partial charge is 0.808 e. The summed E-state index contributed by atoms with van der Waals surface area (Å²) in [4.78, 5) is 66.6. The zero-order valence-corrected chi connectivity index (χ0v) is 38.0. The first-order valence-corrected chi connectivity index (χ1v) is 10.7. The molecule has 0 aromatic heterocycles. The molecule has 26 heavy (non-hydrogen) atoms. The molecule has 0 bridgehead atoms. The molecule has 0 radical (unpaired) electrons. The van der Waals surface area contributed by atoms with Crippen molar-refractivity contribution in [2.75, 3.05) is 0 Å². The van der Waals surface area contributed by atoms with Crippen LogP contribution < -0.4 is 338 Å². The number of rotatable bonds is 2. The van der Waals surface area contributed by atoms with E-state index in [1.807, 2.05) is 0 Å². The van der Waals surface area contributed by atoms with Crippen molar-refractivity contribution in [1.82, 2.24) is 0 Å². The van der Waals surface area contributed by atoms with E-state index < -0.39 is 40.5 Å². The van der Waals surface area contributed by atoms with Crippen LogP contribution in [0.25, 0.3) is 0 Å². The summed E-state index contributed by atoms with van der Waals surface area (Å²) in [5.41, 5.74) is 0. The van der Waals surface area contributed by atoms with Crippen molar-refractivity contribution in [3.63, 3.8) is 0 Å². The summed E-state index contributed by atoms with van der Waals surface area (Å²) in [5, 5.41) is -7.77. The number of hydrogen-bond acceptors (Lipinski definition) is 12. The van der Waals surface area contributed by atoms with Gasteiger partial charge in [-0.2, -0.15) is 0 Å². The first kappa shape index (κ1) is 49.4. The Balaban J connectivity index is -0.000000167. The Labute approximate surface area is 405 Å². The van der Waals surface area contributed by atoms with Crippen LogP contribution in [0.15, 0.2) is 0 Å². The van der Waals surface area contributed by atoms with Crippen LogP contribution in [0.1, 0.15) is 13.8 Å². The van der Waals surface area contributed by atoms with Gasteiger partial charge in [0.05, 0.1) is 0 Å². The van der Waals surface area contributed by atoms with Gasteiger partial charge in [-0.25, -0.2) is 0 Å². The van der Waals surface area contributed by atoms with Crippen LogP contribution in [-0.4, -0.2) is 10.2 Å². The van der Waals surface area contributed by atoms with Gasteiger partial charge >= 0.3 is 308 Å². The molecular weight excluding hydrogens is 599 g/mol. The third-order valence-corrected chi connectivity index (χ3v) is 11.8. The van der Waals surface area contributed by atoms with E-state index >= 15 is 0 Å². The van der Waals surface area contributed by atoms with Crippen molar-refractivity contribution in [3.05, 3.63) is 0 Å². The van der Waals surface area contributed by atoms with Gasteiger partial charge in [0.1, 0.15) is 0 Å². The van der Waals surface area contributed by atoms with Gasteiger partial charge in [0, 0.05) is 0 Å². The van der Waals surface area contributed by atoms with Gasteiger partial charge in [0.25, 0.3) is 0 Å². The Bertz CT molecular complexity index is 579. The molecule has 1 rings (SSSR count). The Morgan fingerprint density at radius 1 is 0.654 bits per heavy atom. The molecule has 1 aliphatic rings. The second kappa shape index (κ2) is 17.9. The molecule has 12 nitrogen and oxygen atoms in total. The summed E-state index contributed by atoms with van der Waals surface area (Å²) >= 11 is 0. The predicted molar refractivity (Wildman–Crippen MR) is 49.4 cm³/mol. The maximum absolute atomic E-state index is 11.5. The topological polar surface area (TPSA) is 225 Å². The molecule has 22 heteroatoms. The van der Waals surface area contributed by atoms with Gasteiger partial charge < -0.3 is 56.7 Å². The van der Waals surface area contributed by atoms with E-state index in [4.69, 9.17) is 0 Å². The Kier molecular flexibility index (Phi) is 34.0. The first-order chi connectivity index (χ1) is 8.41. The number of hydrogen-bond donors (Lipinski definition) is 0. The van der Waals surface area contributed by atoms with Crippen LogP contribution in [0.5, 0.6) is 0 Å². The standard InChI is InChI=1S/C4H12O12P4.6K/c1-3(17(5,6)7)15-20(13,14)4(2,18(8,9)10)16-19(3,11)12;;;;;;/h1-2H3,(H,11,12)(H,13,14)(H2,5,6,7)(H2,8,9,10);;;;;;/q;6*+1/p-6. The van der Waals surface area contributed by atoms with Crippen molar-refractivity contribution in [3.8, 4) is 0 Å². The summed E-state index contributed by atoms with van der Waals surface area (Å²) in [7, 11) is -24.6. The van der Waals surface area contributed by atoms with E-state index in [1.54, 1.807) is 0 Å². The fourth-order valence-electron chi connectivity index (χ4n) is 1.12. The fourth-order valence-corrected chi connectivity index (χ4v) is 7.91. The maximum Gasteiger partial charge on any atom is 1.00 e. The van der Waals surface area contributed by atoms with Crippen molar-refractivity contribution in [2.45, 2.75) is 24.0 Å². The molecule has 1 aliphatic heterocycles. The molecule has 0 aromatic rings. The zero-order valence-electron chi connectivity index (χ0n) is 15.7. The van der Waals surface area contributed by atoms with Crippen LogP contribution in [0.4, 0.5) is 0 Å². The van der Waals surface area contributed by atoms with Gasteiger partial charge in [0.2, 0.25) is 0 Å². The van der Waals surface area contributed by atoms with Crippen LogP contribution >= 0.6 is 30.4 Å². The normalized spacial score (nSPS) is 36.3. The molecule has 1 heterocycles. The van der Waals surface area contributed by atoms with Crippen LogP contribution in [0, 0.1) is 0 Å². The third kappa shape index (κ3) is 11.3. The molecule has 0 spiro atoms. The summed E-state index contributed by atoms with van der Waals surface area (Å²) in [5.74, 6) is 0. The first-order valence-electron chi connectivity index (χ1n) is 4.49. The molecule has 0 saturated carbocycles. The summed E-state index contributed by atoms with van der Waals surface area (Å²) in [6.45, 7) is 0.123. The van der Waals surface area contributed by atoms with Gasteiger partial charge in [-0.1, -0.05) is 0 Å². The molecule has 4 atom stereocenters. The zero-order chi connectivity index (χ0) is 16.4. The summed E-state index contributed by atoms with van der Waals surface area (Å²) < 4.78 is 52.3. The average Bonchev–Trinajstić information content (AvgIpc) is 2.09. The van der Waals surface area contributed by atoms with Crippen LogP contribution in [-0.2, 0) is 27.3 Å². The minimum absolute atomic E-state index is 0. The average molecular weight is 605 g/mol. The van der Waals surface area contributed by atoms with Crippen molar-refractivity contribution < 1.29 is 365 Å². The summed E-state index contributed by atoms with van der Waals surface area (Å²) in [6, 6.07) is 0. The Morgan fingerprint density at radius 3 is 0.923 bits per heavy atom. The van der Waals surface area contributed by atoms with Crippen molar-refractivity contribution >= 4 is 30.4 Å². The monoisotopic (exact) mass is 604 g/mol. The molecular formula is C4H6K6O12P4. The van der Waals surface area contributed by atoms with E-state index in [2.05, 4.69) is 9.05 Å². The van der Waals surface area contributed by atoms with E-state index in [-0.39, 0.29) is 322 Å². The largest absolute Gasteiger partial charge is 1.00 e. The van der Waals surface area contributed by atoms with Gasteiger partial charge in [-0.3, -0.25) is 0 Å². The fraction of sp³-hybridized carbons (Fsp3) is 1.00. The van der Waals surface area contributed by atoms with Gasteiger partial charge in [0.15, 0.2) is 25.4 Å². The molecule has 0 amide bonds. The van der Waals surface area contributed by atoms with Gasteiger partial charge in [-0.15, -0.1) is 0 Å². The second-order valence-corrected chi connectivity index (χ2v) is 12.5. The molecule has 1 fully saturated rings. The van der Waals surface area contributed by atoms with E-state index in [9.17, 15) is 47.6 Å². The minimum Gasteiger partial charge on any atom is -0.808 e. The van der Waals surface area contributed by atoms with Crippen LogP contribution in [0.2, 0.25) is 0 Å². The van der Waals surface area contributed by atoms with E-state index in [0.717, 1.165) is 0 Å². The Morgan fingerprint density at radius 2 is 0.808 bits per heavy atom. The molecule has 1 saturated heterocycles. The van der Waals surface area contributed by atoms with Crippen LogP contribution in [0.3, 0.4) is 0 Å².